The molecule has 0 aromatic rings. The highest BCUT2D eigenvalue weighted by Gasteiger charge is 2.17. The van der Waals surface area contributed by atoms with Crippen LogP contribution in [0.1, 0.15) is 20.3 Å². The molecule has 0 amide bonds. The topological polar surface area (TPSA) is 37.3 Å². The van der Waals surface area contributed by atoms with Crippen molar-refractivity contribution < 1.29 is 9.90 Å². The molecule has 0 rings (SSSR count). The number of aliphatic hydroxyl groups excluding tert-OH is 1. The van der Waals surface area contributed by atoms with Gasteiger partial charge in [-0.15, -0.1) is 6.58 Å². The van der Waals surface area contributed by atoms with E-state index in [4.69, 9.17) is 5.11 Å². The molecule has 10 heavy (non-hydrogen) atoms. The van der Waals surface area contributed by atoms with Crippen LogP contribution in [-0.2, 0) is 4.79 Å². The summed E-state index contributed by atoms with van der Waals surface area (Å²) < 4.78 is 0. The van der Waals surface area contributed by atoms with E-state index < -0.39 is 6.10 Å². The van der Waals surface area contributed by atoms with Gasteiger partial charge in [0.1, 0.15) is 5.78 Å². The van der Waals surface area contributed by atoms with E-state index in [1.807, 2.05) is 0 Å². The van der Waals surface area contributed by atoms with Gasteiger partial charge in [-0.3, -0.25) is 4.79 Å². The molecule has 0 unspecified atom stereocenters. The van der Waals surface area contributed by atoms with Crippen molar-refractivity contribution in [1.29, 1.82) is 0 Å². The Kier molecular flexibility index (Phi) is 3.96. The molecule has 1 N–H and O–H groups in total. The average Bonchev–Trinajstić information content (AvgIpc) is 1.81. The molecular weight excluding hydrogens is 128 g/mol. The van der Waals surface area contributed by atoms with Gasteiger partial charge in [0.25, 0.3) is 0 Å². The predicted octanol–water partition coefficient (Wildman–Crippen LogP) is 1.15. The summed E-state index contributed by atoms with van der Waals surface area (Å²) in [6.07, 6.45) is 1.65. The fraction of sp³-hybridized carbons (Fsp3) is 0.625. The van der Waals surface area contributed by atoms with Crippen molar-refractivity contribution >= 4 is 5.78 Å². The summed E-state index contributed by atoms with van der Waals surface area (Å²) >= 11 is 0. The van der Waals surface area contributed by atoms with Gasteiger partial charge in [0.05, 0.1) is 6.10 Å². The molecule has 2 heteroatoms. The number of rotatable bonds is 4. The van der Waals surface area contributed by atoms with Gasteiger partial charge in [0, 0.05) is 5.92 Å². The van der Waals surface area contributed by atoms with Crippen LogP contribution >= 0.6 is 0 Å². The van der Waals surface area contributed by atoms with Gasteiger partial charge in [-0.2, -0.15) is 0 Å². The van der Waals surface area contributed by atoms with Gasteiger partial charge >= 0.3 is 0 Å². The summed E-state index contributed by atoms with van der Waals surface area (Å²) in [6.45, 7) is 6.61. The SMILES string of the molecule is C=CC[C@@H](C(C)=O)[C@H](C)O. The van der Waals surface area contributed by atoms with Crippen molar-refractivity contribution in [2.75, 3.05) is 0 Å². The lowest BCUT2D eigenvalue weighted by Crippen LogP contribution is -2.22. The number of ketones is 1. The highest BCUT2D eigenvalue weighted by Crippen LogP contribution is 2.09. The molecule has 58 valence electrons. The molecule has 0 radical (unpaired) electrons. The van der Waals surface area contributed by atoms with Crippen LogP contribution in [-0.4, -0.2) is 17.0 Å². The number of aliphatic hydroxyl groups is 1. The number of Topliss-reactive ketones (excluding diaryl/α,β-unsaturated/α-hetero) is 1. The standard InChI is InChI=1S/C8H14O2/c1-4-5-8(6(2)9)7(3)10/h4,6,8-9H,1,5H2,2-3H3/t6-,8+/m0/s1. The molecule has 0 aromatic heterocycles. The van der Waals surface area contributed by atoms with Gasteiger partial charge in [0.2, 0.25) is 0 Å². The highest BCUT2D eigenvalue weighted by molar-refractivity contribution is 5.78. The van der Waals surface area contributed by atoms with Gasteiger partial charge in [-0.25, -0.2) is 0 Å². The van der Waals surface area contributed by atoms with E-state index in [2.05, 4.69) is 6.58 Å². The molecule has 0 aliphatic rings. The molecule has 0 saturated heterocycles. The van der Waals surface area contributed by atoms with Gasteiger partial charge in [0.15, 0.2) is 0 Å². The largest absolute Gasteiger partial charge is 0.393 e. The Morgan fingerprint density at radius 3 is 2.40 bits per heavy atom. The Bertz CT molecular complexity index is 127. The molecule has 0 fully saturated rings. The molecule has 2 atom stereocenters. The van der Waals surface area contributed by atoms with Gasteiger partial charge in [-0.1, -0.05) is 6.08 Å². The van der Waals surface area contributed by atoms with Crippen LogP contribution in [0.4, 0.5) is 0 Å². The van der Waals surface area contributed by atoms with E-state index in [9.17, 15) is 4.79 Å². The molecular formula is C8H14O2. The van der Waals surface area contributed by atoms with Crippen molar-refractivity contribution in [2.24, 2.45) is 5.92 Å². The maximum Gasteiger partial charge on any atom is 0.135 e. The molecule has 0 aliphatic carbocycles. The summed E-state index contributed by atoms with van der Waals surface area (Å²) in [6, 6.07) is 0. The summed E-state index contributed by atoms with van der Waals surface area (Å²) in [4.78, 5) is 10.8. The zero-order valence-electron chi connectivity index (χ0n) is 6.50. The fourth-order valence-electron chi connectivity index (χ4n) is 0.882. The monoisotopic (exact) mass is 142 g/mol. The van der Waals surface area contributed by atoms with E-state index in [1.54, 1.807) is 13.0 Å². The molecule has 0 aliphatic heterocycles. The van der Waals surface area contributed by atoms with Crippen LogP contribution in [0.5, 0.6) is 0 Å². The molecule has 0 spiro atoms. The zero-order valence-corrected chi connectivity index (χ0v) is 6.50. The third-order valence-electron chi connectivity index (χ3n) is 1.53. The van der Waals surface area contributed by atoms with Crippen LogP contribution in [0, 0.1) is 5.92 Å². The highest BCUT2D eigenvalue weighted by atomic mass is 16.3. The smallest absolute Gasteiger partial charge is 0.135 e. The Morgan fingerprint density at radius 2 is 2.30 bits per heavy atom. The van der Waals surface area contributed by atoms with Gasteiger partial charge < -0.3 is 5.11 Å². The number of hydrogen-bond donors (Lipinski definition) is 1. The maximum atomic E-state index is 10.8. The van der Waals surface area contributed by atoms with Crippen molar-refractivity contribution in [3.63, 3.8) is 0 Å². The van der Waals surface area contributed by atoms with Crippen molar-refractivity contribution in [3.05, 3.63) is 12.7 Å². The summed E-state index contributed by atoms with van der Waals surface area (Å²) in [5.41, 5.74) is 0. The van der Waals surface area contributed by atoms with Crippen LogP contribution in [0.2, 0.25) is 0 Å². The molecule has 0 aromatic carbocycles. The first-order chi connectivity index (χ1) is 4.59. The van der Waals surface area contributed by atoms with E-state index in [0.29, 0.717) is 6.42 Å². The zero-order chi connectivity index (χ0) is 8.15. The Hall–Kier alpha value is -0.630. The molecule has 0 bridgehead atoms. The van der Waals surface area contributed by atoms with Crippen molar-refractivity contribution in [1.82, 2.24) is 0 Å². The van der Waals surface area contributed by atoms with Crippen LogP contribution in [0.25, 0.3) is 0 Å². The van der Waals surface area contributed by atoms with Crippen LogP contribution in [0.15, 0.2) is 12.7 Å². The van der Waals surface area contributed by atoms with E-state index >= 15 is 0 Å². The first-order valence-corrected chi connectivity index (χ1v) is 3.39. The minimum atomic E-state index is -0.560. The summed E-state index contributed by atoms with van der Waals surface area (Å²) in [5, 5.41) is 9.05. The van der Waals surface area contributed by atoms with E-state index in [1.165, 1.54) is 6.92 Å². The fourth-order valence-corrected chi connectivity index (χ4v) is 0.882. The van der Waals surface area contributed by atoms with Crippen molar-refractivity contribution in [2.45, 2.75) is 26.4 Å². The molecule has 0 heterocycles. The summed E-state index contributed by atoms with van der Waals surface area (Å²) in [5.74, 6) is -0.243. The third-order valence-corrected chi connectivity index (χ3v) is 1.53. The lowest BCUT2D eigenvalue weighted by Gasteiger charge is -2.13. The second kappa shape index (κ2) is 4.23. The van der Waals surface area contributed by atoms with E-state index in [0.717, 1.165) is 0 Å². The first-order valence-electron chi connectivity index (χ1n) is 3.39. The van der Waals surface area contributed by atoms with Crippen LogP contribution < -0.4 is 0 Å². The number of hydrogen-bond acceptors (Lipinski definition) is 2. The predicted molar refractivity (Wildman–Crippen MR) is 40.7 cm³/mol. The Balaban J connectivity index is 3.97. The maximum absolute atomic E-state index is 10.8. The normalized spacial score (nSPS) is 15.9. The second-order valence-corrected chi connectivity index (χ2v) is 2.48. The minimum Gasteiger partial charge on any atom is -0.393 e. The van der Waals surface area contributed by atoms with Crippen molar-refractivity contribution in [3.8, 4) is 0 Å². The average molecular weight is 142 g/mol. The van der Waals surface area contributed by atoms with Gasteiger partial charge in [-0.05, 0) is 20.3 Å². The lowest BCUT2D eigenvalue weighted by atomic mass is 9.96. The number of carbonyl (C=O) groups is 1. The molecule has 0 saturated carbocycles. The lowest BCUT2D eigenvalue weighted by molar-refractivity contribution is -0.123. The Morgan fingerprint density at radius 1 is 1.80 bits per heavy atom. The minimum absolute atomic E-state index is 0.0231. The second-order valence-electron chi connectivity index (χ2n) is 2.48. The summed E-state index contributed by atoms with van der Waals surface area (Å²) in [7, 11) is 0. The molecule has 2 nitrogen and oxygen atoms in total. The number of allylic oxidation sites excluding steroid dienone is 1. The quantitative estimate of drug-likeness (QED) is 0.598. The third kappa shape index (κ3) is 2.78. The number of carbonyl (C=O) groups excluding carboxylic acids is 1. The van der Waals surface area contributed by atoms with E-state index in [-0.39, 0.29) is 11.7 Å². The first kappa shape index (κ1) is 9.37. The Labute approximate surface area is 61.6 Å². The van der Waals surface area contributed by atoms with Crippen LogP contribution in [0.3, 0.4) is 0 Å².